The Morgan fingerprint density at radius 2 is 1.35 bits per heavy atom. The number of oxazole rings is 2. The summed E-state index contributed by atoms with van der Waals surface area (Å²) in [6, 6.07) is 26.1. The zero-order valence-corrected chi connectivity index (χ0v) is 25.5. The van der Waals surface area contributed by atoms with Gasteiger partial charge in [0, 0.05) is 48.0 Å². The first-order chi connectivity index (χ1) is 22.7. The molecule has 7 heterocycles. The van der Waals surface area contributed by atoms with E-state index in [1.54, 1.807) is 12.8 Å². The first-order valence-electron chi connectivity index (χ1n) is 16.0. The van der Waals surface area contributed by atoms with Crippen LogP contribution in [-0.4, -0.2) is 25.6 Å². The van der Waals surface area contributed by atoms with E-state index in [1.807, 2.05) is 0 Å². The molecule has 4 aromatic heterocycles. The third-order valence-electron chi connectivity index (χ3n) is 9.51. The summed E-state index contributed by atoms with van der Waals surface area (Å²) >= 11 is 0. The lowest BCUT2D eigenvalue weighted by Gasteiger charge is -2.27. The zero-order valence-electron chi connectivity index (χ0n) is 25.5. The van der Waals surface area contributed by atoms with Crippen LogP contribution in [0.4, 0.5) is 11.4 Å². The van der Waals surface area contributed by atoms with E-state index in [2.05, 4.69) is 122 Å². The Morgan fingerprint density at radius 1 is 0.696 bits per heavy atom. The molecule has 46 heavy (non-hydrogen) atoms. The fourth-order valence-electron chi connectivity index (χ4n) is 7.33. The Hall–Kier alpha value is -5.56. The lowest BCUT2D eigenvalue weighted by molar-refractivity contribution is 0.563. The maximum absolute atomic E-state index is 5.86. The quantitative estimate of drug-likeness (QED) is 0.202. The Morgan fingerprint density at radius 3 is 2.07 bits per heavy atom. The van der Waals surface area contributed by atoms with Crippen LogP contribution in [0.2, 0.25) is 0 Å². The van der Waals surface area contributed by atoms with Gasteiger partial charge in [0.25, 0.3) is 0 Å². The number of aryl methyl sites for hydroxylation is 2. The number of allylic oxidation sites excluding steroid dienone is 4. The predicted molar refractivity (Wildman–Crippen MR) is 182 cm³/mol. The molecule has 2 aromatic carbocycles. The smallest absolute Gasteiger partial charge is 0.181 e. The average molecular weight is 604 g/mol. The lowest BCUT2D eigenvalue weighted by Crippen LogP contribution is -2.18. The van der Waals surface area contributed by atoms with Crippen LogP contribution >= 0.6 is 0 Å². The largest absolute Gasteiger partial charge is 0.442 e. The molecule has 6 aromatic rings. The molecule has 3 aliphatic heterocycles. The van der Waals surface area contributed by atoms with Crippen LogP contribution in [0, 0.1) is 0 Å². The van der Waals surface area contributed by atoms with Crippen molar-refractivity contribution in [1.82, 2.24) is 19.1 Å². The van der Waals surface area contributed by atoms with Gasteiger partial charge < -0.3 is 22.9 Å². The second-order valence-electron chi connectivity index (χ2n) is 12.2. The van der Waals surface area contributed by atoms with Gasteiger partial charge in [-0.2, -0.15) is 0 Å². The molecule has 0 fully saturated rings. The number of aromatic nitrogens is 4. The van der Waals surface area contributed by atoms with Gasteiger partial charge in [0.1, 0.15) is 0 Å². The molecule has 0 spiro atoms. The predicted octanol–water partition coefficient (Wildman–Crippen LogP) is 8.96. The van der Waals surface area contributed by atoms with Crippen molar-refractivity contribution in [3.8, 4) is 34.2 Å². The first kappa shape index (κ1) is 26.8. The SMILES string of the molecule is C=C1/C=C(c2ccc3n2CCCc2ncoc2-3)\C=C/CN(c2ccccc2)c2ccc(-c3ccc4n3CCCc3ncoc3-4)cc21. The molecular weight excluding hydrogens is 570 g/mol. The van der Waals surface area contributed by atoms with Crippen LogP contribution in [-0.2, 0) is 25.9 Å². The lowest BCUT2D eigenvalue weighted by atomic mass is 9.97. The highest BCUT2D eigenvalue weighted by molar-refractivity contribution is 5.93. The molecule has 226 valence electrons. The zero-order chi connectivity index (χ0) is 30.6. The van der Waals surface area contributed by atoms with Gasteiger partial charge in [0.05, 0.1) is 22.8 Å². The van der Waals surface area contributed by atoms with E-state index in [0.29, 0.717) is 0 Å². The summed E-state index contributed by atoms with van der Waals surface area (Å²) in [5.74, 6) is 1.76. The summed E-state index contributed by atoms with van der Waals surface area (Å²) in [4.78, 5) is 11.3. The molecule has 0 saturated heterocycles. The molecule has 3 aliphatic rings. The van der Waals surface area contributed by atoms with E-state index in [9.17, 15) is 0 Å². The second kappa shape index (κ2) is 10.8. The van der Waals surface area contributed by atoms with Gasteiger partial charge in [-0.25, -0.2) is 9.97 Å². The molecule has 0 atom stereocenters. The Kier molecular flexibility index (Phi) is 6.30. The maximum Gasteiger partial charge on any atom is 0.181 e. The first-order valence-corrected chi connectivity index (χ1v) is 16.0. The van der Waals surface area contributed by atoms with E-state index >= 15 is 0 Å². The average Bonchev–Trinajstić information content (AvgIpc) is 3.88. The summed E-state index contributed by atoms with van der Waals surface area (Å²) in [5.41, 5.74) is 13.2. The van der Waals surface area contributed by atoms with Crippen LogP contribution in [0.5, 0.6) is 0 Å². The standard InChI is InChI=1S/C39H33N5O2/c1-26-22-27(33-15-17-36-38-31(40-24-45-38)11-6-20-43(33)36)8-5-19-42(29-9-3-2-4-10-29)35-14-13-28(23-30(26)35)34-16-18-37-39-32(41-25-46-39)12-7-21-44(34)37/h2-5,8-10,13-18,22-25H,1,6-7,11-12,19-21H2/b8-5-,27-22+. The van der Waals surface area contributed by atoms with Crippen molar-refractivity contribution in [3.63, 3.8) is 0 Å². The van der Waals surface area contributed by atoms with Gasteiger partial charge in [0.2, 0.25) is 0 Å². The number of hydrogen-bond donors (Lipinski definition) is 0. The molecule has 0 amide bonds. The Balaban J connectivity index is 1.18. The van der Waals surface area contributed by atoms with Crippen LogP contribution in [0.3, 0.4) is 0 Å². The fourth-order valence-corrected chi connectivity index (χ4v) is 7.33. The van der Waals surface area contributed by atoms with E-state index in [0.717, 1.165) is 119 Å². The van der Waals surface area contributed by atoms with Gasteiger partial charge >= 0.3 is 0 Å². The summed E-state index contributed by atoms with van der Waals surface area (Å²) in [7, 11) is 0. The molecule has 9 rings (SSSR count). The molecule has 7 heteroatoms. The number of para-hydroxylation sites is 1. The molecule has 0 bridgehead atoms. The number of nitrogens with zero attached hydrogens (tertiary/aromatic N) is 5. The van der Waals surface area contributed by atoms with Gasteiger partial charge in [-0.1, -0.05) is 43.0 Å². The number of benzene rings is 2. The van der Waals surface area contributed by atoms with E-state index in [1.165, 1.54) is 5.69 Å². The van der Waals surface area contributed by atoms with Gasteiger partial charge in [-0.05, 0) is 97.0 Å². The molecule has 0 aliphatic carbocycles. The summed E-state index contributed by atoms with van der Waals surface area (Å²) in [6.45, 7) is 7.23. The minimum atomic E-state index is 0.718. The normalized spacial score (nSPS) is 17.5. The van der Waals surface area contributed by atoms with E-state index in [-0.39, 0.29) is 0 Å². The van der Waals surface area contributed by atoms with Crippen molar-refractivity contribution in [2.75, 3.05) is 11.4 Å². The number of fused-ring (bicyclic) bond motifs is 7. The third-order valence-corrected chi connectivity index (χ3v) is 9.51. The van der Waals surface area contributed by atoms with Crippen molar-refractivity contribution < 1.29 is 8.83 Å². The molecule has 0 saturated carbocycles. The van der Waals surface area contributed by atoms with Crippen LogP contribution in [0.25, 0.3) is 45.3 Å². The Labute approximate surface area is 267 Å². The highest BCUT2D eigenvalue weighted by Gasteiger charge is 2.25. The molecule has 7 nitrogen and oxygen atoms in total. The highest BCUT2D eigenvalue weighted by atomic mass is 16.3. The molecular formula is C39H33N5O2. The maximum atomic E-state index is 5.86. The number of rotatable bonds is 3. The number of hydrogen-bond acceptors (Lipinski definition) is 5. The minimum absolute atomic E-state index is 0.718. The fraction of sp³-hybridized carbons (Fsp3) is 0.179. The van der Waals surface area contributed by atoms with Gasteiger partial charge in [-0.3, -0.25) is 0 Å². The third kappa shape index (κ3) is 4.34. The second-order valence-corrected chi connectivity index (χ2v) is 12.2. The highest BCUT2D eigenvalue weighted by Crippen LogP contribution is 2.41. The van der Waals surface area contributed by atoms with Crippen LogP contribution in [0.15, 0.2) is 119 Å². The van der Waals surface area contributed by atoms with Crippen LogP contribution in [0.1, 0.15) is 35.5 Å². The van der Waals surface area contributed by atoms with Crippen LogP contribution < -0.4 is 4.90 Å². The van der Waals surface area contributed by atoms with Crippen molar-refractivity contribution >= 4 is 22.5 Å². The van der Waals surface area contributed by atoms with Crippen molar-refractivity contribution in [2.45, 2.75) is 38.8 Å². The monoisotopic (exact) mass is 603 g/mol. The van der Waals surface area contributed by atoms with Crippen molar-refractivity contribution in [1.29, 1.82) is 0 Å². The minimum Gasteiger partial charge on any atom is -0.442 e. The molecule has 0 N–H and O–H groups in total. The van der Waals surface area contributed by atoms with Gasteiger partial charge in [-0.15, -0.1) is 0 Å². The van der Waals surface area contributed by atoms with E-state index in [4.69, 9.17) is 8.83 Å². The summed E-state index contributed by atoms with van der Waals surface area (Å²) < 4.78 is 16.5. The summed E-state index contributed by atoms with van der Waals surface area (Å²) in [5, 5.41) is 0. The topological polar surface area (TPSA) is 65.2 Å². The Bertz CT molecular complexity index is 2170. The number of anilines is 2. The van der Waals surface area contributed by atoms with Gasteiger partial charge in [0.15, 0.2) is 24.3 Å². The van der Waals surface area contributed by atoms with Crippen molar-refractivity contribution in [2.24, 2.45) is 0 Å². The summed E-state index contributed by atoms with van der Waals surface area (Å²) in [6.07, 6.45) is 13.7. The van der Waals surface area contributed by atoms with E-state index < -0.39 is 0 Å². The molecule has 0 unspecified atom stereocenters. The van der Waals surface area contributed by atoms with Crippen molar-refractivity contribution in [3.05, 3.63) is 133 Å². The molecule has 0 radical (unpaired) electrons.